The molecule has 0 saturated carbocycles. The number of ether oxygens (including phenoxy) is 1. The number of anilines is 2. The van der Waals surface area contributed by atoms with Crippen molar-refractivity contribution in [3.8, 4) is 0 Å². The molecule has 2 saturated heterocycles. The first-order chi connectivity index (χ1) is 15.7. The topological polar surface area (TPSA) is 57.7 Å². The molecule has 3 aliphatic heterocycles. The molecule has 6 nitrogen and oxygen atoms in total. The van der Waals surface area contributed by atoms with Crippen molar-refractivity contribution in [2.24, 2.45) is 0 Å². The van der Waals surface area contributed by atoms with Crippen LogP contribution in [-0.4, -0.2) is 59.9 Å². The molecular weight excluding hydrogens is 420 g/mol. The fourth-order valence-corrected chi connectivity index (χ4v) is 6.42. The second-order valence-electron chi connectivity index (χ2n) is 8.97. The summed E-state index contributed by atoms with van der Waals surface area (Å²) in [5.74, 6) is 1.57. The Morgan fingerprint density at radius 2 is 2.03 bits per heavy atom. The van der Waals surface area contributed by atoms with Crippen molar-refractivity contribution in [3.63, 3.8) is 0 Å². The van der Waals surface area contributed by atoms with Gasteiger partial charge in [-0.2, -0.15) is 0 Å². The molecule has 4 heterocycles. The van der Waals surface area contributed by atoms with E-state index in [0.717, 1.165) is 61.1 Å². The molecule has 1 aromatic heterocycles. The zero-order chi connectivity index (χ0) is 21.7. The fraction of sp³-hybridized carbons (Fsp3) is 0.400. The molecular formula is C25H28N4O2S. The van der Waals surface area contributed by atoms with Crippen LogP contribution >= 0.6 is 0 Å². The summed E-state index contributed by atoms with van der Waals surface area (Å²) in [7, 11) is -0.974. The number of morpholine rings is 1. The van der Waals surface area contributed by atoms with E-state index >= 15 is 0 Å². The van der Waals surface area contributed by atoms with Crippen LogP contribution in [0.4, 0.5) is 11.5 Å². The van der Waals surface area contributed by atoms with E-state index in [1.165, 1.54) is 16.6 Å². The van der Waals surface area contributed by atoms with Gasteiger partial charge in [0.15, 0.2) is 0 Å². The van der Waals surface area contributed by atoms with Gasteiger partial charge in [-0.25, -0.2) is 4.98 Å². The van der Waals surface area contributed by atoms with E-state index in [9.17, 15) is 4.21 Å². The lowest BCUT2D eigenvalue weighted by molar-refractivity contribution is 0.0212. The molecule has 0 spiro atoms. The molecule has 32 heavy (non-hydrogen) atoms. The summed E-state index contributed by atoms with van der Waals surface area (Å²) >= 11 is 0. The Hall–Kier alpha value is -2.48. The van der Waals surface area contributed by atoms with E-state index in [2.05, 4.69) is 52.4 Å². The second-order valence-corrected chi connectivity index (χ2v) is 10.5. The van der Waals surface area contributed by atoms with Gasteiger partial charge in [-0.05, 0) is 30.7 Å². The van der Waals surface area contributed by atoms with Gasteiger partial charge >= 0.3 is 0 Å². The third-order valence-electron chi connectivity index (χ3n) is 6.83. The van der Waals surface area contributed by atoms with Crippen LogP contribution in [0.25, 0.3) is 10.9 Å². The van der Waals surface area contributed by atoms with Crippen molar-refractivity contribution < 1.29 is 8.95 Å². The highest BCUT2D eigenvalue weighted by Gasteiger charge is 2.36. The number of nitrogens with zero attached hydrogens (tertiary/aromatic N) is 3. The highest BCUT2D eigenvalue weighted by atomic mass is 32.2. The number of fused-ring (bicyclic) bond motifs is 3. The van der Waals surface area contributed by atoms with Crippen LogP contribution in [0.2, 0.25) is 0 Å². The molecule has 2 aromatic carbocycles. The first kappa shape index (κ1) is 20.1. The van der Waals surface area contributed by atoms with Crippen LogP contribution in [0.15, 0.2) is 53.4 Å². The summed E-state index contributed by atoms with van der Waals surface area (Å²) in [4.78, 5) is 10.7. The van der Waals surface area contributed by atoms with Crippen molar-refractivity contribution in [1.82, 2.24) is 10.3 Å². The number of nitrogens with one attached hydrogen (secondary N) is 1. The number of pyridine rings is 1. The van der Waals surface area contributed by atoms with E-state index in [-0.39, 0.29) is 6.10 Å². The predicted octanol–water partition coefficient (Wildman–Crippen LogP) is 2.85. The lowest BCUT2D eigenvalue weighted by atomic mass is 10.1. The van der Waals surface area contributed by atoms with E-state index < -0.39 is 10.8 Å². The summed E-state index contributed by atoms with van der Waals surface area (Å²) in [6.07, 6.45) is 0.229. The molecule has 3 unspecified atom stereocenters. The molecule has 0 bridgehead atoms. The highest BCUT2D eigenvalue weighted by Crippen LogP contribution is 2.35. The molecule has 0 radical (unpaired) electrons. The Labute approximate surface area is 191 Å². The number of hydrogen-bond donors (Lipinski definition) is 1. The summed E-state index contributed by atoms with van der Waals surface area (Å²) in [6, 6.07) is 17.2. The van der Waals surface area contributed by atoms with Crippen LogP contribution in [0.3, 0.4) is 0 Å². The quantitative estimate of drug-likeness (QED) is 0.651. The summed E-state index contributed by atoms with van der Waals surface area (Å²) in [6.45, 7) is 7.10. The summed E-state index contributed by atoms with van der Waals surface area (Å²) in [5.41, 5.74) is 4.58. The average molecular weight is 449 g/mol. The smallest absolute Gasteiger partial charge is 0.131 e. The lowest BCUT2D eigenvalue weighted by Crippen LogP contribution is -2.47. The van der Waals surface area contributed by atoms with E-state index in [0.29, 0.717) is 11.8 Å². The third kappa shape index (κ3) is 3.58. The van der Waals surface area contributed by atoms with Gasteiger partial charge < -0.3 is 19.9 Å². The number of aromatic nitrogens is 1. The summed E-state index contributed by atoms with van der Waals surface area (Å²) in [5, 5.41) is 4.80. The number of aryl methyl sites for hydroxylation is 1. The first-order valence-electron chi connectivity index (χ1n) is 11.4. The van der Waals surface area contributed by atoms with Crippen molar-refractivity contribution in [3.05, 3.63) is 59.7 Å². The lowest BCUT2D eigenvalue weighted by Gasteiger charge is -2.26. The Morgan fingerprint density at radius 3 is 2.94 bits per heavy atom. The number of hydrogen-bond acceptors (Lipinski definition) is 6. The maximum Gasteiger partial charge on any atom is 0.131 e. The molecule has 1 N–H and O–H groups in total. The highest BCUT2D eigenvalue weighted by molar-refractivity contribution is 7.85. The first-order valence-corrected chi connectivity index (χ1v) is 12.7. The Morgan fingerprint density at radius 1 is 1.12 bits per heavy atom. The maximum atomic E-state index is 12.8. The molecule has 2 fully saturated rings. The minimum Gasteiger partial charge on any atom is -0.373 e. The zero-order valence-corrected chi connectivity index (χ0v) is 19.1. The second kappa shape index (κ2) is 8.14. The molecule has 6 rings (SSSR count). The standard InChI is InChI=1S/C25H28N4O2S/c1-17-6-7-20-19(12-17)22(29-15-21-23(16-29)31-10-8-26-21)13-25(27-20)28-9-11-32(30)24-5-3-2-4-18(24)14-28/h2-7,12-13,21,23,26H,8-11,14-16H2,1H3. The van der Waals surface area contributed by atoms with Crippen molar-refractivity contribution in [1.29, 1.82) is 0 Å². The SMILES string of the molecule is Cc1ccc2nc(N3CCS(=O)c4ccccc4C3)cc(N3CC4NCCOC4C3)c2c1. The van der Waals surface area contributed by atoms with E-state index in [1.807, 2.05) is 18.2 Å². The van der Waals surface area contributed by atoms with Crippen molar-refractivity contribution in [2.45, 2.75) is 30.5 Å². The molecule has 3 atom stereocenters. The van der Waals surface area contributed by atoms with E-state index in [4.69, 9.17) is 9.72 Å². The van der Waals surface area contributed by atoms with Crippen LogP contribution < -0.4 is 15.1 Å². The van der Waals surface area contributed by atoms with Gasteiger partial charge in [-0.1, -0.05) is 29.8 Å². The average Bonchev–Trinajstić information content (AvgIpc) is 3.17. The molecule has 3 aromatic rings. The maximum absolute atomic E-state index is 12.8. The van der Waals surface area contributed by atoms with Gasteiger partial charge in [0, 0.05) is 60.5 Å². The largest absolute Gasteiger partial charge is 0.373 e. The number of rotatable bonds is 2. The Kier molecular flexibility index (Phi) is 5.12. The van der Waals surface area contributed by atoms with Crippen LogP contribution in [0.5, 0.6) is 0 Å². The van der Waals surface area contributed by atoms with Crippen molar-refractivity contribution >= 4 is 33.2 Å². The molecule has 0 aliphatic carbocycles. The summed E-state index contributed by atoms with van der Waals surface area (Å²) < 4.78 is 18.8. The third-order valence-corrected chi connectivity index (χ3v) is 8.27. The van der Waals surface area contributed by atoms with Crippen LogP contribution in [0, 0.1) is 6.92 Å². The van der Waals surface area contributed by atoms with Gasteiger partial charge in [0.1, 0.15) is 5.82 Å². The number of benzene rings is 2. The molecule has 7 heteroatoms. The van der Waals surface area contributed by atoms with Gasteiger partial charge in [0.05, 0.1) is 35.1 Å². The van der Waals surface area contributed by atoms with Gasteiger partial charge in [0.25, 0.3) is 0 Å². The van der Waals surface area contributed by atoms with E-state index in [1.54, 1.807) is 0 Å². The van der Waals surface area contributed by atoms with Gasteiger partial charge in [-0.15, -0.1) is 0 Å². The predicted molar refractivity (Wildman–Crippen MR) is 129 cm³/mol. The normalized spacial score (nSPS) is 25.5. The van der Waals surface area contributed by atoms with Crippen LogP contribution in [0.1, 0.15) is 11.1 Å². The van der Waals surface area contributed by atoms with Gasteiger partial charge in [-0.3, -0.25) is 4.21 Å². The minimum atomic E-state index is -0.974. The van der Waals surface area contributed by atoms with Crippen LogP contribution in [-0.2, 0) is 22.1 Å². The monoisotopic (exact) mass is 448 g/mol. The Balaban J connectivity index is 1.42. The van der Waals surface area contributed by atoms with Gasteiger partial charge in [0.2, 0.25) is 0 Å². The fourth-order valence-electron chi connectivity index (χ4n) is 5.16. The molecule has 3 aliphatic rings. The molecule has 0 amide bonds. The zero-order valence-electron chi connectivity index (χ0n) is 18.3. The Bertz CT molecular complexity index is 1190. The van der Waals surface area contributed by atoms with Crippen molar-refractivity contribution in [2.75, 3.05) is 48.3 Å². The molecule has 166 valence electrons. The minimum absolute atomic E-state index is 0.229.